The van der Waals surface area contributed by atoms with E-state index in [9.17, 15) is 4.79 Å². The molecular formula is C24H18ClNO4. The molecule has 30 heavy (non-hydrogen) atoms. The van der Waals surface area contributed by atoms with Gasteiger partial charge in [0.05, 0.1) is 30.2 Å². The van der Waals surface area contributed by atoms with Crippen molar-refractivity contribution in [3.05, 3.63) is 87.7 Å². The lowest BCUT2D eigenvalue weighted by atomic mass is 10.0. The first-order valence-electron chi connectivity index (χ1n) is 9.50. The number of nitrogens with zero attached hydrogens (tertiary/aromatic N) is 1. The lowest BCUT2D eigenvalue weighted by Gasteiger charge is -2.31. The van der Waals surface area contributed by atoms with Crippen LogP contribution in [0.25, 0.3) is 22.1 Å². The van der Waals surface area contributed by atoms with Crippen molar-refractivity contribution in [2.24, 2.45) is 0 Å². The third kappa shape index (κ3) is 3.08. The second kappa shape index (κ2) is 7.43. The van der Waals surface area contributed by atoms with Crippen LogP contribution in [-0.2, 0) is 6.54 Å². The van der Waals surface area contributed by atoms with Crippen molar-refractivity contribution in [3.8, 4) is 22.6 Å². The van der Waals surface area contributed by atoms with Crippen LogP contribution in [0.3, 0.4) is 0 Å². The molecule has 0 atom stereocenters. The number of fused-ring (bicyclic) bond motifs is 3. The van der Waals surface area contributed by atoms with Gasteiger partial charge < -0.3 is 18.8 Å². The molecule has 3 aromatic carbocycles. The van der Waals surface area contributed by atoms with Gasteiger partial charge in [-0.1, -0.05) is 35.9 Å². The van der Waals surface area contributed by atoms with E-state index < -0.39 is 0 Å². The smallest absolute Gasteiger partial charge is 0.200 e. The molecule has 150 valence electrons. The van der Waals surface area contributed by atoms with Gasteiger partial charge in [-0.05, 0) is 36.4 Å². The number of benzene rings is 3. The predicted octanol–water partition coefficient (Wildman–Crippen LogP) is 5.48. The second-order valence-corrected chi connectivity index (χ2v) is 7.49. The molecule has 2 heterocycles. The van der Waals surface area contributed by atoms with Crippen LogP contribution >= 0.6 is 11.6 Å². The van der Waals surface area contributed by atoms with Crippen molar-refractivity contribution in [1.82, 2.24) is 0 Å². The average molecular weight is 420 g/mol. The maximum absolute atomic E-state index is 13.3. The molecule has 0 fully saturated rings. The molecule has 6 heteroatoms. The minimum Gasteiger partial charge on any atom is -0.496 e. The molecule has 1 aliphatic heterocycles. The highest BCUT2D eigenvalue weighted by atomic mass is 35.5. The molecule has 0 saturated heterocycles. The summed E-state index contributed by atoms with van der Waals surface area (Å²) >= 11 is 6.14. The summed E-state index contributed by atoms with van der Waals surface area (Å²) < 4.78 is 17.3. The highest BCUT2D eigenvalue weighted by Gasteiger charge is 2.23. The quantitative estimate of drug-likeness (QED) is 0.440. The van der Waals surface area contributed by atoms with Gasteiger partial charge in [-0.25, -0.2) is 0 Å². The Kier molecular flexibility index (Phi) is 4.60. The Labute approximate surface area is 178 Å². The van der Waals surface area contributed by atoms with Gasteiger partial charge in [0, 0.05) is 16.3 Å². The fourth-order valence-corrected chi connectivity index (χ4v) is 3.98. The Balaban J connectivity index is 1.62. The molecule has 0 aliphatic carbocycles. The zero-order chi connectivity index (χ0) is 20.7. The fraction of sp³-hybridized carbons (Fsp3) is 0.125. The number of hydrogen-bond donors (Lipinski definition) is 0. The normalized spacial score (nSPS) is 13.1. The van der Waals surface area contributed by atoms with E-state index in [1.165, 1.54) is 6.26 Å². The standard InChI is InChI=1S/C24H18ClNO4/c1-28-21-8-3-2-7-17(21)20-13-29-24-18(23(20)27)9-10-22-19(24)12-26(14-30-22)16-6-4-5-15(25)11-16/h2-11,13H,12,14H2,1H3. The van der Waals surface area contributed by atoms with Crippen molar-refractivity contribution in [2.75, 3.05) is 18.7 Å². The molecule has 5 nitrogen and oxygen atoms in total. The summed E-state index contributed by atoms with van der Waals surface area (Å²) in [7, 11) is 1.58. The van der Waals surface area contributed by atoms with Crippen molar-refractivity contribution in [2.45, 2.75) is 6.54 Å². The number of hydrogen-bond acceptors (Lipinski definition) is 5. The van der Waals surface area contributed by atoms with Gasteiger partial charge in [0.2, 0.25) is 5.43 Å². The SMILES string of the molecule is COc1ccccc1-c1coc2c3c(ccc2c1=O)OCN(c1cccc(Cl)c1)C3. The van der Waals surface area contributed by atoms with Crippen LogP contribution in [0.4, 0.5) is 5.69 Å². The third-order valence-electron chi connectivity index (χ3n) is 5.30. The third-order valence-corrected chi connectivity index (χ3v) is 5.53. The summed E-state index contributed by atoms with van der Waals surface area (Å²) in [4.78, 5) is 15.3. The molecule has 0 spiro atoms. The Hall–Kier alpha value is -3.44. The van der Waals surface area contributed by atoms with E-state index in [1.54, 1.807) is 13.2 Å². The summed E-state index contributed by atoms with van der Waals surface area (Å²) in [5, 5.41) is 1.16. The zero-order valence-corrected chi connectivity index (χ0v) is 17.0. The van der Waals surface area contributed by atoms with Crippen molar-refractivity contribution in [1.29, 1.82) is 0 Å². The molecule has 0 bridgehead atoms. The van der Waals surface area contributed by atoms with Gasteiger partial charge in [-0.3, -0.25) is 4.79 Å². The maximum Gasteiger partial charge on any atom is 0.200 e. The Bertz CT molecular complexity index is 1310. The summed E-state index contributed by atoms with van der Waals surface area (Å²) in [6, 6.07) is 18.6. The molecule has 4 aromatic rings. The van der Waals surface area contributed by atoms with Gasteiger partial charge in [-0.15, -0.1) is 0 Å². The Morgan fingerprint density at radius 2 is 1.90 bits per heavy atom. The van der Waals surface area contributed by atoms with Crippen LogP contribution in [0.15, 0.2) is 76.1 Å². The van der Waals surface area contributed by atoms with Gasteiger partial charge >= 0.3 is 0 Å². The van der Waals surface area contributed by atoms with Crippen LogP contribution < -0.4 is 19.8 Å². The molecule has 0 saturated carbocycles. The molecule has 1 aliphatic rings. The minimum absolute atomic E-state index is 0.108. The fourth-order valence-electron chi connectivity index (χ4n) is 3.80. The number of methoxy groups -OCH3 is 1. The summed E-state index contributed by atoms with van der Waals surface area (Å²) in [6.45, 7) is 0.937. The average Bonchev–Trinajstić information content (AvgIpc) is 2.79. The van der Waals surface area contributed by atoms with Gasteiger partial charge in [0.15, 0.2) is 6.73 Å². The number of ether oxygens (including phenoxy) is 2. The van der Waals surface area contributed by atoms with Crippen LogP contribution in [0.2, 0.25) is 5.02 Å². The molecule has 0 unspecified atom stereocenters. The maximum atomic E-state index is 13.3. The lowest BCUT2D eigenvalue weighted by molar-refractivity contribution is 0.289. The predicted molar refractivity (Wildman–Crippen MR) is 118 cm³/mol. The molecule has 1 aromatic heterocycles. The lowest BCUT2D eigenvalue weighted by Crippen LogP contribution is -2.32. The highest BCUT2D eigenvalue weighted by molar-refractivity contribution is 6.30. The molecule has 0 radical (unpaired) electrons. The zero-order valence-electron chi connectivity index (χ0n) is 16.2. The van der Waals surface area contributed by atoms with Crippen LogP contribution in [0.5, 0.6) is 11.5 Å². The van der Waals surface area contributed by atoms with E-state index >= 15 is 0 Å². The Morgan fingerprint density at radius 1 is 1.03 bits per heavy atom. The van der Waals surface area contributed by atoms with Gasteiger partial charge in [0.25, 0.3) is 0 Å². The van der Waals surface area contributed by atoms with Crippen molar-refractivity contribution < 1.29 is 13.9 Å². The number of para-hydroxylation sites is 1. The first-order valence-corrected chi connectivity index (χ1v) is 9.87. The van der Waals surface area contributed by atoms with Crippen LogP contribution in [0.1, 0.15) is 5.56 Å². The summed E-state index contributed by atoms with van der Waals surface area (Å²) in [6.07, 6.45) is 1.50. The van der Waals surface area contributed by atoms with Crippen LogP contribution in [0, 0.1) is 0 Å². The van der Waals surface area contributed by atoms with Crippen molar-refractivity contribution >= 4 is 28.3 Å². The molecule has 5 rings (SSSR count). The molecule has 0 amide bonds. The van der Waals surface area contributed by atoms with E-state index in [2.05, 4.69) is 0 Å². The monoisotopic (exact) mass is 419 g/mol. The van der Waals surface area contributed by atoms with E-state index in [0.717, 1.165) is 11.3 Å². The Morgan fingerprint density at radius 3 is 2.73 bits per heavy atom. The first-order chi connectivity index (χ1) is 14.7. The van der Waals surface area contributed by atoms with Gasteiger partial charge in [-0.2, -0.15) is 0 Å². The molecule has 0 N–H and O–H groups in total. The number of anilines is 1. The van der Waals surface area contributed by atoms with E-state index in [0.29, 0.717) is 51.9 Å². The second-order valence-electron chi connectivity index (χ2n) is 7.05. The van der Waals surface area contributed by atoms with E-state index in [1.807, 2.05) is 59.5 Å². The van der Waals surface area contributed by atoms with E-state index in [-0.39, 0.29) is 5.43 Å². The largest absolute Gasteiger partial charge is 0.496 e. The van der Waals surface area contributed by atoms with Crippen LogP contribution in [-0.4, -0.2) is 13.8 Å². The molecular weight excluding hydrogens is 402 g/mol. The topological polar surface area (TPSA) is 51.9 Å². The van der Waals surface area contributed by atoms with Gasteiger partial charge in [0.1, 0.15) is 23.3 Å². The van der Waals surface area contributed by atoms with E-state index in [4.69, 9.17) is 25.5 Å². The number of rotatable bonds is 3. The summed E-state index contributed by atoms with van der Waals surface area (Å²) in [5.41, 5.74) is 3.36. The first kappa shape index (κ1) is 18.6. The highest BCUT2D eigenvalue weighted by Crippen LogP contribution is 2.35. The number of halogens is 1. The summed E-state index contributed by atoms with van der Waals surface area (Å²) in [5.74, 6) is 1.34. The minimum atomic E-state index is -0.108. The van der Waals surface area contributed by atoms with Crippen molar-refractivity contribution in [3.63, 3.8) is 0 Å².